The normalized spacial score (nSPS) is 10.7. The molecule has 0 N–H and O–H groups in total. The Morgan fingerprint density at radius 3 is 2.62 bits per heavy atom. The van der Waals surface area contributed by atoms with Gasteiger partial charge in [-0.1, -0.05) is 61.2 Å². The van der Waals surface area contributed by atoms with Gasteiger partial charge in [0.1, 0.15) is 0 Å². The molecular formula is C17H16N4O2S. The molecule has 0 amide bonds. The fraction of sp³-hybridized carbons (Fsp3) is 0.176. The number of nitrogens with zero attached hydrogens (tertiary/aromatic N) is 4. The van der Waals surface area contributed by atoms with Crippen molar-refractivity contribution in [3.8, 4) is 11.4 Å². The predicted octanol–water partition coefficient (Wildman–Crippen LogP) is 4.01. The zero-order chi connectivity index (χ0) is 16.9. The van der Waals surface area contributed by atoms with Crippen molar-refractivity contribution < 1.29 is 4.92 Å². The summed E-state index contributed by atoms with van der Waals surface area (Å²) in [4.78, 5) is 10.6. The van der Waals surface area contributed by atoms with Crippen molar-refractivity contribution in [3.05, 3.63) is 70.3 Å². The van der Waals surface area contributed by atoms with E-state index in [4.69, 9.17) is 0 Å². The number of benzene rings is 2. The van der Waals surface area contributed by atoms with E-state index in [-0.39, 0.29) is 5.69 Å². The van der Waals surface area contributed by atoms with Crippen LogP contribution < -0.4 is 0 Å². The molecule has 6 nitrogen and oxygen atoms in total. The molecule has 24 heavy (non-hydrogen) atoms. The molecule has 0 aliphatic carbocycles. The lowest BCUT2D eigenvalue weighted by atomic mass is 10.1. The zero-order valence-electron chi connectivity index (χ0n) is 13.1. The number of nitro groups is 1. The number of hydrogen-bond donors (Lipinski definition) is 0. The van der Waals surface area contributed by atoms with Crippen LogP contribution >= 0.6 is 11.8 Å². The minimum atomic E-state index is -0.400. The number of hydrogen-bond acceptors (Lipinski definition) is 5. The summed E-state index contributed by atoms with van der Waals surface area (Å²) < 4.78 is 2.00. The zero-order valence-corrected chi connectivity index (χ0v) is 13.9. The van der Waals surface area contributed by atoms with Gasteiger partial charge >= 0.3 is 0 Å². The molecule has 122 valence electrons. The molecule has 1 aromatic heterocycles. The van der Waals surface area contributed by atoms with Crippen LogP contribution in [-0.2, 0) is 6.54 Å². The Bertz CT molecular complexity index is 849. The van der Waals surface area contributed by atoms with Crippen molar-refractivity contribution in [2.75, 3.05) is 5.75 Å². The average Bonchev–Trinajstić information content (AvgIpc) is 2.99. The monoisotopic (exact) mass is 340 g/mol. The molecule has 7 heteroatoms. The van der Waals surface area contributed by atoms with Crippen molar-refractivity contribution in [3.63, 3.8) is 0 Å². The lowest BCUT2D eigenvalue weighted by molar-refractivity contribution is -0.384. The van der Waals surface area contributed by atoms with Crippen molar-refractivity contribution in [1.82, 2.24) is 14.8 Å². The van der Waals surface area contributed by atoms with Crippen LogP contribution in [0.25, 0.3) is 11.4 Å². The fourth-order valence-electron chi connectivity index (χ4n) is 2.41. The highest BCUT2D eigenvalue weighted by atomic mass is 32.2. The van der Waals surface area contributed by atoms with Gasteiger partial charge in [-0.15, -0.1) is 10.2 Å². The first-order valence-corrected chi connectivity index (χ1v) is 8.52. The summed E-state index contributed by atoms with van der Waals surface area (Å²) in [6.45, 7) is 2.67. The van der Waals surface area contributed by atoms with Crippen LogP contribution in [0.5, 0.6) is 0 Å². The van der Waals surface area contributed by atoms with Crippen molar-refractivity contribution >= 4 is 17.4 Å². The van der Waals surface area contributed by atoms with Crippen LogP contribution in [-0.4, -0.2) is 25.4 Å². The number of aromatic nitrogens is 3. The van der Waals surface area contributed by atoms with Gasteiger partial charge in [0.2, 0.25) is 0 Å². The molecule has 0 unspecified atom stereocenters. The van der Waals surface area contributed by atoms with Crippen LogP contribution in [0.15, 0.2) is 59.8 Å². The topological polar surface area (TPSA) is 73.8 Å². The summed E-state index contributed by atoms with van der Waals surface area (Å²) in [5.74, 6) is 1.51. The Morgan fingerprint density at radius 2 is 1.92 bits per heavy atom. The minimum Gasteiger partial charge on any atom is -0.298 e. The maximum absolute atomic E-state index is 11.0. The van der Waals surface area contributed by atoms with Crippen molar-refractivity contribution in [2.45, 2.75) is 18.6 Å². The summed E-state index contributed by atoms with van der Waals surface area (Å²) >= 11 is 1.60. The Hall–Kier alpha value is -2.67. The van der Waals surface area contributed by atoms with E-state index in [0.717, 1.165) is 16.5 Å². The first-order valence-electron chi connectivity index (χ1n) is 7.53. The number of nitro benzene ring substituents is 1. The summed E-state index contributed by atoms with van der Waals surface area (Å²) in [6, 6.07) is 16.5. The molecule has 0 radical (unpaired) electrons. The molecule has 0 spiro atoms. The van der Waals surface area contributed by atoms with Gasteiger partial charge in [0.05, 0.1) is 11.5 Å². The third-order valence-electron chi connectivity index (χ3n) is 3.49. The third kappa shape index (κ3) is 3.46. The lowest BCUT2D eigenvalue weighted by Gasteiger charge is -2.10. The Balaban J connectivity index is 2.04. The molecular weight excluding hydrogens is 324 g/mol. The van der Waals surface area contributed by atoms with E-state index in [0.29, 0.717) is 17.9 Å². The van der Waals surface area contributed by atoms with E-state index in [1.807, 2.05) is 41.0 Å². The van der Waals surface area contributed by atoms with Gasteiger partial charge in [0.15, 0.2) is 11.0 Å². The third-order valence-corrected chi connectivity index (χ3v) is 4.34. The quantitative estimate of drug-likeness (QED) is 0.385. The molecule has 0 fully saturated rings. The molecule has 0 aliphatic heterocycles. The van der Waals surface area contributed by atoms with E-state index in [9.17, 15) is 10.1 Å². The smallest absolute Gasteiger partial charge is 0.270 e. The maximum Gasteiger partial charge on any atom is 0.270 e. The van der Waals surface area contributed by atoms with Gasteiger partial charge < -0.3 is 0 Å². The van der Waals surface area contributed by atoms with Crippen LogP contribution in [0.4, 0.5) is 5.69 Å². The lowest BCUT2D eigenvalue weighted by Crippen LogP contribution is -2.04. The summed E-state index contributed by atoms with van der Waals surface area (Å²) in [7, 11) is 0. The maximum atomic E-state index is 11.0. The fourth-order valence-corrected chi connectivity index (χ4v) is 3.07. The molecule has 0 saturated heterocycles. The second-order valence-corrected chi connectivity index (χ2v) is 6.35. The second-order valence-electron chi connectivity index (χ2n) is 5.12. The van der Waals surface area contributed by atoms with E-state index in [2.05, 4.69) is 17.1 Å². The summed E-state index contributed by atoms with van der Waals surface area (Å²) in [5.41, 5.74) is 1.86. The number of non-ortho nitro benzene ring substituents is 1. The largest absolute Gasteiger partial charge is 0.298 e. The van der Waals surface area contributed by atoms with Gasteiger partial charge in [0, 0.05) is 17.7 Å². The van der Waals surface area contributed by atoms with E-state index >= 15 is 0 Å². The molecule has 3 aromatic rings. The summed E-state index contributed by atoms with van der Waals surface area (Å²) in [6.07, 6.45) is 0. The summed E-state index contributed by atoms with van der Waals surface area (Å²) in [5, 5.41) is 20.4. The van der Waals surface area contributed by atoms with Gasteiger partial charge in [-0.25, -0.2) is 0 Å². The molecule has 0 aliphatic rings. The predicted molar refractivity (Wildman–Crippen MR) is 94.1 cm³/mol. The van der Waals surface area contributed by atoms with Gasteiger partial charge in [-0.3, -0.25) is 14.7 Å². The average molecular weight is 340 g/mol. The van der Waals surface area contributed by atoms with Gasteiger partial charge in [-0.05, 0) is 11.3 Å². The highest BCUT2D eigenvalue weighted by Gasteiger charge is 2.16. The first kappa shape index (κ1) is 16.2. The van der Waals surface area contributed by atoms with E-state index in [1.54, 1.807) is 17.8 Å². The Labute approximate surface area is 143 Å². The van der Waals surface area contributed by atoms with Crippen molar-refractivity contribution in [1.29, 1.82) is 0 Å². The standard InChI is InChI=1S/C17H16N4O2S/c1-2-24-17-19-18-16(14-9-6-10-15(11-14)21(22)23)20(17)12-13-7-4-3-5-8-13/h3-11H,2,12H2,1H3. The Kier molecular flexibility index (Phi) is 4.90. The molecule has 0 bridgehead atoms. The van der Waals surface area contributed by atoms with E-state index < -0.39 is 4.92 Å². The molecule has 2 aromatic carbocycles. The minimum absolute atomic E-state index is 0.0476. The number of rotatable bonds is 6. The van der Waals surface area contributed by atoms with E-state index in [1.165, 1.54) is 12.1 Å². The molecule has 0 atom stereocenters. The second kappa shape index (κ2) is 7.27. The van der Waals surface area contributed by atoms with Crippen LogP contribution in [0, 0.1) is 10.1 Å². The first-order chi connectivity index (χ1) is 11.7. The SMILES string of the molecule is CCSc1nnc(-c2cccc([N+](=O)[O-])c2)n1Cc1ccccc1. The molecule has 3 rings (SSSR count). The van der Waals surface area contributed by atoms with Crippen LogP contribution in [0.3, 0.4) is 0 Å². The van der Waals surface area contributed by atoms with Gasteiger partial charge in [0.25, 0.3) is 5.69 Å². The van der Waals surface area contributed by atoms with Crippen LogP contribution in [0.1, 0.15) is 12.5 Å². The number of thioether (sulfide) groups is 1. The van der Waals surface area contributed by atoms with Crippen molar-refractivity contribution in [2.24, 2.45) is 0 Å². The highest BCUT2D eigenvalue weighted by Crippen LogP contribution is 2.27. The molecule has 1 heterocycles. The van der Waals surface area contributed by atoms with Crippen LogP contribution in [0.2, 0.25) is 0 Å². The highest BCUT2D eigenvalue weighted by molar-refractivity contribution is 7.99. The molecule has 0 saturated carbocycles. The Morgan fingerprint density at radius 1 is 1.12 bits per heavy atom. The van der Waals surface area contributed by atoms with Gasteiger partial charge in [-0.2, -0.15) is 0 Å².